The number of rotatable bonds is 5. The summed E-state index contributed by atoms with van der Waals surface area (Å²) < 4.78 is 48.9. The Kier molecular flexibility index (Phi) is 6.39. The van der Waals surface area contributed by atoms with Crippen LogP contribution in [0.1, 0.15) is 18.4 Å². The third kappa shape index (κ3) is 5.13. The average molecular weight is 411 g/mol. The number of methoxy groups -OCH3 is 1. The molecule has 0 aliphatic carbocycles. The summed E-state index contributed by atoms with van der Waals surface area (Å²) in [5.41, 5.74) is -0.275. The molecule has 4 nitrogen and oxygen atoms in total. The molecule has 1 saturated heterocycles. The van der Waals surface area contributed by atoms with E-state index in [2.05, 4.69) is 5.32 Å². The summed E-state index contributed by atoms with van der Waals surface area (Å²) >= 11 is 1.84. The van der Waals surface area contributed by atoms with E-state index in [4.69, 9.17) is 9.47 Å². The van der Waals surface area contributed by atoms with Crippen LogP contribution in [0.25, 0.3) is 0 Å². The molecule has 1 aliphatic rings. The summed E-state index contributed by atoms with van der Waals surface area (Å²) in [7, 11) is 1.50. The van der Waals surface area contributed by atoms with Crippen molar-refractivity contribution >= 4 is 23.4 Å². The number of ether oxygens (including phenoxy) is 2. The molecular weight excluding hydrogens is 391 g/mol. The number of benzene rings is 2. The molecule has 2 aromatic carbocycles. The van der Waals surface area contributed by atoms with Gasteiger partial charge in [0, 0.05) is 12.0 Å². The van der Waals surface area contributed by atoms with Gasteiger partial charge in [-0.25, -0.2) is 0 Å². The van der Waals surface area contributed by atoms with Gasteiger partial charge < -0.3 is 14.8 Å². The minimum absolute atomic E-state index is 0.0366. The minimum atomic E-state index is -4.40. The predicted octanol–water partition coefficient (Wildman–Crippen LogP) is 5.59. The lowest BCUT2D eigenvalue weighted by molar-refractivity contribution is -0.137. The highest BCUT2D eigenvalue weighted by molar-refractivity contribution is 7.99. The molecule has 0 atom stereocenters. The Labute approximate surface area is 165 Å². The molecule has 8 heteroatoms. The number of carbonyl (C=O) groups excluding carboxylic acids is 1. The Hall–Kier alpha value is -2.35. The molecule has 1 N–H and O–H groups in total. The van der Waals surface area contributed by atoms with Gasteiger partial charge in [0.25, 0.3) is 0 Å². The third-order valence-electron chi connectivity index (χ3n) is 4.44. The Morgan fingerprint density at radius 3 is 2.32 bits per heavy atom. The largest absolute Gasteiger partial charge is 0.495 e. The maximum absolute atomic E-state index is 12.7. The SMILES string of the molecule is COc1ccc(Oc2ccc(C(F)(F)F)cc2)cc1NC(=O)C1CCSCC1. The third-order valence-corrected chi connectivity index (χ3v) is 5.49. The monoisotopic (exact) mass is 411 g/mol. The quantitative estimate of drug-likeness (QED) is 0.697. The zero-order valence-electron chi connectivity index (χ0n) is 15.2. The van der Waals surface area contributed by atoms with Gasteiger partial charge in [0.15, 0.2) is 0 Å². The maximum atomic E-state index is 12.7. The highest BCUT2D eigenvalue weighted by atomic mass is 32.2. The number of alkyl halides is 3. The Balaban J connectivity index is 1.74. The molecule has 0 saturated carbocycles. The topological polar surface area (TPSA) is 47.6 Å². The number of carbonyl (C=O) groups is 1. The van der Waals surface area contributed by atoms with Crippen LogP contribution >= 0.6 is 11.8 Å². The summed E-state index contributed by atoms with van der Waals surface area (Å²) in [6, 6.07) is 9.31. The average Bonchev–Trinajstić information content (AvgIpc) is 2.68. The molecule has 0 radical (unpaired) electrons. The van der Waals surface area contributed by atoms with Crippen molar-refractivity contribution in [2.75, 3.05) is 23.9 Å². The van der Waals surface area contributed by atoms with Crippen LogP contribution in [-0.4, -0.2) is 24.5 Å². The Bertz CT molecular complexity index is 818. The van der Waals surface area contributed by atoms with E-state index in [1.807, 2.05) is 11.8 Å². The van der Waals surface area contributed by atoms with Crippen molar-refractivity contribution in [3.63, 3.8) is 0 Å². The lowest BCUT2D eigenvalue weighted by Gasteiger charge is -2.21. The van der Waals surface area contributed by atoms with E-state index in [9.17, 15) is 18.0 Å². The van der Waals surface area contributed by atoms with Gasteiger partial charge in [-0.15, -0.1) is 0 Å². The van der Waals surface area contributed by atoms with Crippen LogP contribution in [-0.2, 0) is 11.0 Å². The van der Waals surface area contributed by atoms with Crippen LogP contribution in [0.5, 0.6) is 17.2 Å². The molecule has 28 heavy (non-hydrogen) atoms. The van der Waals surface area contributed by atoms with Gasteiger partial charge in [-0.2, -0.15) is 24.9 Å². The van der Waals surface area contributed by atoms with Crippen molar-refractivity contribution < 1.29 is 27.4 Å². The molecule has 1 aliphatic heterocycles. The number of anilines is 1. The number of hydrogen-bond donors (Lipinski definition) is 1. The van der Waals surface area contributed by atoms with Crippen LogP contribution in [0.2, 0.25) is 0 Å². The van der Waals surface area contributed by atoms with Gasteiger partial charge in [-0.1, -0.05) is 0 Å². The molecule has 1 fully saturated rings. The van der Waals surface area contributed by atoms with Crippen molar-refractivity contribution in [1.82, 2.24) is 0 Å². The molecule has 1 amide bonds. The highest BCUT2D eigenvalue weighted by Gasteiger charge is 2.30. The Morgan fingerprint density at radius 1 is 1.07 bits per heavy atom. The van der Waals surface area contributed by atoms with Gasteiger partial charge in [0.1, 0.15) is 17.2 Å². The van der Waals surface area contributed by atoms with Crippen molar-refractivity contribution in [2.24, 2.45) is 5.92 Å². The second kappa shape index (κ2) is 8.77. The van der Waals surface area contributed by atoms with Crippen molar-refractivity contribution in [2.45, 2.75) is 19.0 Å². The fourth-order valence-corrected chi connectivity index (χ4v) is 4.00. The van der Waals surface area contributed by atoms with Crippen molar-refractivity contribution in [3.05, 3.63) is 48.0 Å². The molecule has 0 bridgehead atoms. The molecule has 150 valence electrons. The molecule has 3 rings (SSSR count). The van der Waals surface area contributed by atoms with E-state index in [1.165, 1.54) is 19.2 Å². The highest BCUT2D eigenvalue weighted by Crippen LogP contribution is 2.34. The number of nitrogens with one attached hydrogen (secondary N) is 1. The van der Waals surface area contributed by atoms with Gasteiger partial charge >= 0.3 is 6.18 Å². The first-order valence-corrected chi connectivity index (χ1v) is 9.94. The lowest BCUT2D eigenvalue weighted by Crippen LogP contribution is -2.26. The number of halogens is 3. The summed E-state index contributed by atoms with van der Waals surface area (Å²) in [6.07, 6.45) is -2.73. The van der Waals surface area contributed by atoms with Gasteiger partial charge in [0.05, 0.1) is 18.4 Å². The molecule has 0 unspecified atom stereocenters. The molecule has 1 heterocycles. The predicted molar refractivity (Wildman–Crippen MR) is 103 cm³/mol. The second-order valence-corrected chi connectivity index (χ2v) is 7.59. The first-order chi connectivity index (χ1) is 13.4. The minimum Gasteiger partial charge on any atom is -0.495 e. The summed E-state index contributed by atoms with van der Waals surface area (Å²) in [6.45, 7) is 0. The first kappa shape index (κ1) is 20.4. The van der Waals surface area contributed by atoms with Crippen molar-refractivity contribution in [1.29, 1.82) is 0 Å². The van der Waals surface area contributed by atoms with E-state index in [0.717, 1.165) is 36.5 Å². The van der Waals surface area contributed by atoms with Crippen LogP contribution in [0.15, 0.2) is 42.5 Å². The fraction of sp³-hybridized carbons (Fsp3) is 0.350. The molecular formula is C20H20F3NO3S. The van der Waals surface area contributed by atoms with Crippen LogP contribution < -0.4 is 14.8 Å². The molecule has 0 spiro atoms. The van der Waals surface area contributed by atoms with Crippen molar-refractivity contribution in [3.8, 4) is 17.2 Å². The second-order valence-electron chi connectivity index (χ2n) is 6.36. The van der Waals surface area contributed by atoms with Crippen LogP contribution in [0, 0.1) is 5.92 Å². The van der Waals surface area contributed by atoms with Gasteiger partial charge in [-0.3, -0.25) is 4.79 Å². The normalized spacial score (nSPS) is 15.1. The number of amides is 1. The maximum Gasteiger partial charge on any atom is 0.416 e. The van der Waals surface area contributed by atoms with E-state index in [-0.39, 0.29) is 17.6 Å². The van der Waals surface area contributed by atoms with E-state index in [0.29, 0.717) is 17.2 Å². The summed E-state index contributed by atoms with van der Waals surface area (Å²) in [5, 5.41) is 2.88. The van der Waals surface area contributed by atoms with E-state index in [1.54, 1.807) is 18.2 Å². The van der Waals surface area contributed by atoms with E-state index >= 15 is 0 Å². The summed E-state index contributed by atoms with van der Waals surface area (Å²) in [4.78, 5) is 12.5. The first-order valence-electron chi connectivity index (χ1n) is 8.78. The molecule has 2 aromatic rings. The smallest absolute Gasteiger partial charge is 0.416 e. The standard InChI is InChI=1S/C20H20F3NO3S/c1-26-18-7-6-16(27-15-4-2-14(3-5-15)20(21,22)23)12-17(18)24-19(25)13-8-10-28-11-9-13/h2-7,12-13H,8-11H2,1H3,(H,24,25). The zero-order chi connectivity index (χ0) is 20.1. The van der Waals surface area contributed by atoms with Crippen LogP contribution in [0.3, 0.4) is 0 Å². The number of thioether (sulfide) groups is 1. The summed E-state index contributed by atoms with van der Waals surface area (Å²) in [5.74, 6) is 2.96. The van der Waals surface area contributed by atoms with Crippen LogP contribution in [0.4, 0.5) is 18.9 Å². The fourth-order valence-electron chi connectivity index (χ4n) is 2.89. The number of hydrogen-bond acceptors (Lipinski definition) is 4. The lowest BCUT2D eigenvalue weighted by atomic mass is 10.0. The zero-order valence-corrected chi connectivity index (χ0v) is 16.0. The van der Waals surface area contributed by atoms with Gasteiger partial charge in [-0.05, 0) is 60.7 Å². The van der Waals surface area contributed by atoms with Gasteiger partial charge in [0.2, 0.25) is 5.91 Å². The Morgan fingerprint density at radius 2 is 1.71 bits per heavy atom. The molecule has 0 aromatic heterocycles. The van der Waals surface area contributed by atoms with E-state index < -0.39 is 11.7 Å².